The van der Waals surface area contributed by atoms with E-state index in [4.69, 9.17) is 10.5 Å². The number of methoxy groups -OCH3 is 1. The Kier molecular flexibility index (Phi) is 5.21. The fourth-order valence-electron chi connectivity index (χ4n) is 1.53. The van der Waals surface area contributed by atoms with E-state index >= 15 is 0 Å². The van der Waals surface area contributed by atoms with Gasteiger partial charge in [0.15, 0.2) is 15.8 Å². The van der Waals surface area contributed by atoms with Crippen molar-refractivity contribution in [2.45, 2.75) is 26.7 Å². The van der Waals surface area contributed by atoms with Crippen LogP contribution in [0.1, 0.15) is 36.4 Å². The van der Waals surface area contributed by atoms with Crippen molar-refractivity contribution in [1.29, 1.82) is 0 Å². The Bertz CT molecular complexity index is 379. The summed E-state index contributed by atoms with van der Waals surface area (Å²) in [4.78, 5) is 18.4. The highest BCUT2D eigenvalue weighted by Crippen LogP contribution is 2.28. The van der Waals surface area contributed by atoms with Crippen molar-refractivity contribution in [2.75, 3.05) is 30.8 Å². The van der Waals surface area contributed by atoms with Crippen molar-refractivity contribution in [3.63, 3.8) is 0 Å². The maximum absolute atomic E-state index is 11.6. The fraction of sp³-hybridized carbons (Fsp3) is 0.636. The van der Waals surface area contributed by atoms with E-state index < -0.39 is 0 Å². The number of carbonyl (C=O) groups excluding carboxylic acids is 1. The van der Waals surface area contributed by atoms with Gasteiger partial charge >= 0.3 is 5.97 Å². The molecule has 2 N–H and O–H groups in total. The van der Waals surface area contributed by atoms with Crippen LogP contribution in [0.4, 0.5) is 10.9 Å². The molecule has 0 bridgehead atoms. The molecule has 1 aromatic rings. The molecule has 0 unspecified atom stereocenters. The van der Waals surface area contributed by atoms with E-state index in [9.17, 15) is 4.79 Å². The molecule has 0 spiro atoms. The van der Waals surface area contributed by atoms with E-state index in [1.165, 1.54) is 18.4 Å². The van der Waals surface area contributed by atoms with Crippen LogP contribution in [-0.4, -0.2) is 31.2 Å². The van der Waals surface area contributed by atoms with Crippen molar-refractivity contribution in [3.8, 4) is 0 Å². The van der Waals surface area contributed by atoms with Crippen molar-refractivity contribution in [1.82, 2.24) is 4.98 Å². The lowest BCUT2D eigenvalue weighted by atomic mass is 10.3. The third-order valence-corrected chi connectivity index (χ3v) is 3.31. The molecule has 0 aliphatic carbocycles. The molecule has 0 aliphatic rings. The first kappa shape index (κ1) is 13.8. The Balaban J connectivity index is 2.97. The maximum Gasteiger partial charge on any atom is 0.352 e. The minimum absolute atomic E-state index is 0.371. The average Bonchev–Trinajstić information content (AvgIpc) is 2.71. The number of hydrogen-bond donors (Lipinski definition) is 1. The quantitative estimate of drug-likeness (QED) is 0.791. The predicted octanol–water partition coefficient (Wildman–Crippen LogP) is 2.14. The summed E-state index contributed by atoms with van der Waals surface area (Å²) in [6.07, 6.45) is 2.16. The van der Waals surface area contributed by atoms with Crippen LogP contribution in [0.2, 0.25) is 0 Å². The van der Waals surface area contributed by atoms with Gasteiger partial charge in [-0.25, -0.2) is 9.78 Å². The smallest absolute Gasteiger partial charge is 0.352 e. The van der Waals surface area contributed by atoms with Gasteiger partial charge in [0.2, 0.25) is 0 Å². The number of thiazole rings is 1. The van der Waals surface area contributed by atoms with E-state index in [-0.39, 0.29) is 5.97 Å². The normalized spacial score (nSPS) is 10.3. The molecule has 1 heterocycles. The van der Waals surface area contributed by atoms with Gasteiger partial charge < -0.3 is 15.4 Å². The van der Waals surface area contributed by atoms with Crippen LogP contribution in [0.3, 0.4) is 0 Å². The minimum atomic E-state index is -0.371. The Morgan fingerprint density at radius 1 is 1.53 bits per heavy atom. The van der Waals surface area contributed by atoms with Crippen LogP contribution in [0.25, 0.3) is 0 Å². The number of nitrogen functional groups attached to an aromatic ring is 1. The maximum atomic E-state index is 11.6. The average molecular weight is 257 g/mol. The fourth-order valence-corrected chi connectivity index (χ4v) is 2.30. The number of rotatable bonds is 6. The van der Waals surface area contributed by atoms with Crippen LogP contribution >= 0.6 is 11.3 Å². The molecule has 0 saturated carbocycles. The van der Waals surface area contributed by atoms with Crippen LogP contribution in [-0.2, 0) is 4.74 Å². The highest BCUT2D eigenvalue weighted by molar-refractivity contribution is 7.17. The molecule has 0 radical (unpaired) electrons. The second-order valence-electron chi connectivity index (χ2n) is 3.63. The number of ether oxygens (including phenoxy) is 1. The number of hydrogen-bond acceptors (Lipinski definition) is 6. The van der Waals surface area contributed by atoms with E-state index in [2.05, 4.69) is 16.8 Å². The Labute approximate surface area is 106 Å². The van der Waals surface area contributed by atoms with Gasteiger partial charge in [0.25, 0.3) is 0 Å². The molecule has 6 heteroatoms. The number of anilines is 2. The molecule has 0 atom stereocenters. The molecule has 1 aromatic heterocycles. The lowest BCUT2D eigenvalue weighted by molar-refractivity contribution is 0.0606. The predicted molar refractivity (Wildman–Crippen MR) is 70.7 cm³/mol. The highest BCUT2D eigenvalue weighted by Gasteiger charge is 2.21. The second kappa shape index (κ2) is 6.44. The standard InChI is InChI=1S/C11H19N3O2S/c1-4-6-7-14(5-2)9-8(10(15)16-3)17-11(12)13-9/h4-7H2,1-3H3,(H2,12,13). The first-order valence-electron chi connectivity index (χ1n) is 5.73. The number of carbonyl (C=O) groups is 1. The van der Waals surface area contributed by atoms with Gasteiger partial charge in [-0.2, -0.15) is 0 Å². The summed E-state index contributed by atoms with van der Waals surface area (Å²) < 4.78 is 4.74. The van der Waals surface area contributed by atoms with Gasteiger partial charge in [-0.3, -0.25) is 0 Å². The van der Waals surface area contributed by atoms with Crippen molar-refractivity contribution in [2.24, 2.45) is 0 Å². The van der Waals surface area contributed by atoms with Crippen molar-refractivity contribution >= 4 is 28.3 Å². The lowest BCUT2D eigenvalue weighted by Gasteiger charge is -2.20. The summed E-state index contributed by atoms with van der Waals surface area (Å²) in [6.45, 7) is 5.84. The van der Waals surface area contributed by atoms with Crippen LogP contribution in [0, 0.1) is 0 Å². The summed E-state index contributed by atoms with van der Waals surface area (Å²) >= 11 is 1.17. The molecule has 5 nitrogen and oxygen atoms in total. The first-order valence-corrected chi connectivity index (χ1v) is 6.55. The minimum Gasteiger partial charge on any atom is -0.465 e. The summed E-state index contributed by atoms with van der Waals surface area (Å²) in [5.74, 6) is 0.277. The van der Waals surface area contributed by atoms with Gasteiger partial charge in [0.05, 0.1) is 7.11 Å². The number of nitrogens with two attached hydrogens (primary N) is 1. The molecule has 0 saturated heterocycles. The molecule has 1 rings (SSSR count). The first-order chi connectivity index (χ1) is 8.13. The van der Waals surface area contributed by atoms with Gasteiger partial charge in [-0.1, -0.05) is 24.7 Å². The molecule has 0 aromatic carbocycles. The number of esters is 1. The van der Waals surface area contributed by atoms with Crippen LogP contribution < -0.4 is 10.6 Å². The SMILES string of the molecule is CCCCN(CC)c1nc(N)sc1C(=O)OC. The summed E-state index contributed by atoms with van der Waals surface area (Å²) in [5.41, 5.74) is 5.67. The number of unbranched alkanes of at least 4 members (excludes halogenated alkanes) is 1. The Hall–Kier alpha value is -1.30. The summed E-state index contributed by atoms with van der Waals surface area (Å²) in [5, 5.41) is 0.398. The molecular formula is C11H19N3O2S. The zero-order valence-electron chi connectivity index (χ0n) is 10.5. The topological polar surface area (TPSA) is 68.5 Å². The summed E-state index contributed by atoms with van der Waals surface area (Å²) in [7, 11) is 1.37. The monoisotopic (exact) mass is 257 g/mol. The number of nitrogens with zero attached hydrogens (tertiary/aromatic N) is 2. The molecule has 0 amide bonds. The third kappa shape index (κ3) is 3.33. The van der Waals surface area contributed by atoms with Gasteiger partial charge in [-0.15, -0.1) is 0 Å². The second-order valence-corrected chi connectivity index (χ2v) is 4.66. The number of aromatic nitrogens is 1. The van der Waals surface area contributed by atoms with Crippen LogP contribution in [0.5, 0.6) is 0 Å². The molecule has 17 heavy (non-hydrogen) atoms. The van der Waals surface area contributed by atoms with Gasteiger partial charge in [0.1, 0.15) is 0 Å². The molecular weight excluding hydrogens is 238 g/mol. The van der Waals surface area contributed by atoms with E-state index in [1.54, 1.807) is 0 Å². The largest absolute Gasteiger partial charge is 0.465 e. The van der Waals surface area contributed by atoms with E-state index in [0.29, 0.717) is 15.8 Å². The summed E-state index contributed by atoms with van der Waals surface area (Å²) in [6, 6.07) is 0. The van der Waals surface area contributed by atoms with Crippen molar-refractivity contribution < 1.29 is 9.53 Å². The third-order valence-electron chi connectivity index (χ3n) is 2.46. The van der Waals surface area contributed by atoms with Gasteiger partial charge in [0, 0.05) is 13.1 Å². The van der Waals surface area contributed by atoms with Crippen LogP contribution in [0.15, 0.2) is 0 Å². The Morgan fingerprint density at radius 2 is 2.24 bits per heavy atom. The molecule has 0 aliphatic heterocycles. The van der Waals surface area contributed by atoms with E-state index in [0.717, 1.165) is 25.9 Å². The zero-order chi connectivity index (χ0) is 12.8. The van der Waals surface area contributed by atoms with E-state index in [1.807, 2.05) is 6.92 Å². The zero-order valence-corrected chi connectivity index (χ0v) is 11.3. The lowest BCUT2D eigenvalue weighted by Crippen LogP contribution is -2.26. The van der Waals surface area contributed by atoms with Gasteiger partial charge in [-0.05, 0) is 13.3 Å². The van der Waals surface area contributed by atoms with Crippen molar-refractivity contribution in [3.05, 3.63) is 4.88 Å². The molecule has 96 valence electrons. The highest BCUT2D eigenvalue weighted by atomic mass is 32.1. The Morgan fingerprint density at radius 3 is 2.76 bits per heavy atom. The molecule has 0 fully saturated rings.